The van der Waals surface area contributed by atoms with Gasteiger partial charge in [-0.15, -0.1) is 0 Å². The van der Waals surface area contributed by atoms with Crippen LogP contribution < -0.4 is 0 Å². The van der Waals surface area contributed by atoms with E-state index in [1.54, 1.807) is 0 Å². The summed E-state index contributed by atoms with van der Waals surface area (Å²) in [6, 6.07) is 6.46. The third-order valence-electron chi connectivity index (χ3n) is 3.70. The predicted molar refractivity (Wildman–Crippen MR) is 76.7 cm³/mol. The monoisotopic (exact) mass is 258 g/mol. The highest BCUT2D eigenvalue weighted by Crippen LogP contribution is 2.23. The molecule has 2 aromatic rings. The van der Waals surface area contributed by atoms with Gasteiger partial charge in [-0.05, 0) is 32.5 Å². The molecule has 0 radical (unpaired) electrons. The normalized spacial score (nSPS) is 12.9. The van der Waals surface area contributed by atoms with Gasteiger partial charge < -0.3 is 0 Å². The standard InChI is InChI=1S/C15H22N4/c1-5-15(14-8-6-7-9-16-14)18(3)11-13-10-17-19(4)12(13)2/h6-10,15H,5,11H2,1-4H3. The van der Waals surface area contributed by atoms with Gasteiger partial charge in [-0.1, -0.05) is 13.0 Å². The Hall–Kier alpha value is -1.68. The van der Waals surface area contributed by atoms with E-state index in [0.29, 0.717) is 6.04 Å². The molecule has 0 bridgehead atoms. The molecule has 0 aromatic carbocycles. The molecule has 0 spiro atoms. The molecule has 0 aliphatic heterocycles. The first-order chi connectivity index (χ1) is 9.13. The second kappa shape index (κ2) is 5.97. The van der Waals surface area contributed by atoms with Crippen LogP contribution in [0.2, 0.25) is 0 Å². The summed E-state index contributed by atoms with van der Waals surface area (Å²) in [6.07, 6.45) is 4.87. The molecule has 2 aromatic heterocycles. The summed E-state index contributed by atoms with van der Waals surface area (Å²) in [4.78, 5) is 6.82. The fourth-order valence-electron chi connectivity index (χ4n) is 2.40. The molecule has 0 aliphatic rings. The summed E-state index contributed by atoms with van der Waals surface area (Å²) in [5, 5.41) is 4.30. The molecule has 19 heavy (non-hydrogen) atoms. The third-order valence-corrected chi connectivity index (χ3v) is 3.70. The topological polar surface area (TPSA) is 34.0 Å². The number of hydrogen-bond donors (Lipinski definition) is 0. The molecule has 0 saturated carbocycles. The Morgan fingerprint density at radius 1 is 1.37 bits per heavy atom. The van der Waals surface area contributed by atoms with Crippen molar-refractivity contribution in [3.8, 4) is 0 Å². The molecular weight excluding hydrogens is 236 g/mol. The van der Waals surface area contributed by atoms with Crippen molar-refractivity contribution >= 4 is 0 Å². The van der Waals surface area contributed by atoms with E-state index in [4.69, 9.17) is 0 Å². The maximum atomic E-state index is 4.48. The fraction of sp³-hybridized carbons (Fsp3) is 0.467. The molecule has 102 valence electrons. The van der Waals surface area contributed by atoms with Crippen molar-refractivity contribution < 1.29 is 0 Å². The lowest BCUT2D eigenvalue weighted by Gasteiger charge is -2.26. The Labute approximate surface area is 115 Å². The molecular formula is C15H22N4. The van der Waals surface area contributed by atoms with Crippen LogP contribution >= 0.6 is 0 Å². The van der Waals surface area contributed by atoms with E-state index in [1.807, 2.05) is 36.3 Å². The molecule has 0 fully saturated rings. The number of pyridine rings is 1. The first-order valence-electron chi connectivity index (χ1n) is 6.72. The molecule has 0 amide bonds. The Kier molecular flexibility index (Phi) is 4.32. The smallest absolute Gasteiger partial charge is 0.0575 e. The van der Waals surface area contributed by atoms with Crippen molar-refractivity contribution in [2.75, 3.05) is 7.05 Å². The van der Waals surface area contributed by atoms with Crippen LogP contribution in [0.4, 0.5) is 0 Å². The van der Waals surface area contributed by atoms with Gasteiger partial charge in [-0.3, -0.25) is 14.6 Å². The van der Waals surface area contributed by atoms with Crippen molar-refractivity contribution in [3.63, 3.8) is 0 Å². The largest absolute Gasteiger partial charge is 0.293 e. The van der Waals surface area contributed by atoms with Crippen molar-refractivity contribution in [1.29, 1.82) is 0 Å². The minimum Gasteiger partial charge on any atom is -0.293 e. The lowest BCUT2D eigenvalue weighted by molar-refractivity contribution is 0.225. The number of rotatable bonds is 5. The van der Waals surface area contributed by atoms with Crippen LogP contribution in [-0.4, -0.2) is 26.7 Å². The van der Waals surface area contributed by atoms with Crippen molar-refractivity contribution in [1.82, 2.24) is 19.7 Å². The third kappa shape index (κ3) is 3.01. The zero-order chi connectivity index (χ0) is 13.8. The number of hydrogen-bond acceptors (Lipinski definition) is 3. The molecule has 2 heterocycles. The average Bonchev–Trinajstić information content (AvgIpc) is 2.73. The highest BCUT2D eigenvalue weighted by Gasteiger charge is 2.17. The summed E-state index contributed by atoms with van der Waals surface area (Å²) >= 11 is 0. The zero-order valence-corrected chi connectivity index (χ0v) is 12.2. The van der Waals surface area contributed by atoms with E-state index in [2.05, 4.69) is 41.9 Å². The van der Waals surface area contributed by atoms with Gasteiger partial charge in [0.15, 0.2) is 0 Å². The van der Waals surface area contributed by atoms with Crippen LogP contribution in [0.1, 0.15) is 36.3 Å². The van der Waals surface area contributed by atoms with E-state index in [0.717, 1.165) is 18.7 Å². The van der Waals surface area contributed by atoms with E-state index < -0.39 is 0 Å². The number of aromatic nitrogens is 3. The maximum absolute atomic E-state index is 4.48. The van der Waals surface area contributed by atoms with Gasteiger partial charge in [-0.25, -0.2) is 0 Å². The van der Waals surface area contributed by atoms with Gasteiger partial charge in [0, 0.05) is 31.0 Å². The van der Waals surface area contributed by atoms with Gasteiger partial charge in [0.2, 0.25) is 0 Å². The Morgan fingerprint density at radius 3 is 2.68 bits per heavy atom. The van der Waals surface area contributed by atoms with Gasteiger partial charge in [0.1, 0.15) is 0 Å². The fourth-order valence-corrected chi connectivity index (χ4v) is 2.40. The van der Waals surface area contributed by atoms with Crippen LogP contribution in [0.25, 0.3) is 0 Å². The van der Waals surface area contributed by atoms with Crippen molar-refractivity contribution in [3.05, 3.63) is 47.5 Å². The second-order valence-corrected chi connectivity index (χ2v) is 4.97. The minimum atomic E-state index is 0.348. The number of aryl methyl sites for hydroxylation is 1. The first-order valence-corrected chi connectivity index (χ1v) is 6.72. The van der Waals surface area contributed by atoms with Crippen LogP contribution in [0.15, 0.2) is 30.6 Å². The molecule has 0 saturated heterocycles. The molecule has 4 nitrogen and oxygen atoms in total. The van der Waals surface area contributed by atoms with Crippen LogP contribution in [0.3, 0.4) is 0 Å². The predicted octanol–water partition coefficient (Wildman–Crippen LogP) is 2.71. The highest BCUT2D eigenvalue weighted by molar-refractivity contribution is 5.16. The van der Waals surface area contributed by atoms with Gasteiger partial charge in [0.25, 0.3) is 0 Å². The molecule has 0 aliphatic carbocycles. The van der Waals surface area contributed by atoms with Gasteiger partial charge in [0.05, 0.1) is 17.9 Å². The Morgan fingerprint density at radius 2 is 2.16 bits per heavy atom. The van der Waals surface area contributed by atoms with E-state index in [9.17, 15) is 0 Å². The molecule has 1 atom stereocenters. The van der Waals surface area contributed by atoms with Crippen LogP contribution in [-0.2, 0) is 13.6 Å². The molecule has 4 heteroatoms. The summed E-state index contributed by atoms with van der Waals surface area (Å²) in [7, 11) is 4.13. The first kappa shape index (κ1) is 13.7. The van der Waals surface area contributed by atoms with Gasteiger partial charge >= 0.3 is 0 Å². The summed E-state index contributed by atoms with van der Waals surface area (Å²) in [6.45, 7) is 5.21. The Bertz CT molecular complexity index is 518. The van der Waals surface area contributed by atoms with Crippen molar-refractivity contribution in [2.24, 2.45) is 7.05 Å². The lowest BCUT2D eigenvalue weighted by Crippen LogP contribution is -2.24. The Balaban J connectivity index is 2.14. The van der Waals surface area contributed by atoms with Crippen molar-refractivity contribution in [2.45, 2.75) is 32.9 Å². The maximum Gasteiger partial charge on any atom is 0.0575 e. The summed E-state index contributed by atoms with van der Waals surface area (Å²) < 4.78 is 1.92. The lowest BCUT2D eigenvalue weighted by atomic mass is 10.1. The highest BCUT2D eigenvalue weighted by atomic mass is 15.3. The molecule has 2 rings (SSSR count). The summed E-state index contributed by atoms with van der Waals surface area (Å²) in [5.74, 6) is 0. The summed E-state index contributed by atoms with van der Waals surface area (Å²) in [5.41, 5.74) is 3.64. The molecule has 1 unspecified atom stereocenters. The SMILES string of the molecule is CCC(c1ccccn1)N(C)Cc1cnn(C)c1C. The van der Waals surface area contributed by atoms with Crippen LogP contribution in [0.5, 0.6) is 0 Å². The van der Waals surface area contributed by atoms with E-state index in [1.165, 1.54) is 11.3 Å². The van der Waals surface area contributed by atoms with Gasteiger partial charge in [-0.2, -0.15) is 5.10 Å². The quantitative estimate of drug-likeness (QED) is 0.827. The zero-order valence-electron chi connectivity index (χ0n) is 12.2. The van der Waals surface area contributed by atoms with E-state index in [-0.39, 0.29) is 0 Å². The number of nitrogens with zero attached hydrogens (tertiary/aromatic N) is 4. The second-order valence-electron chi connectivity index (χ2n) is 4.97. The minimum absolute atomic E-state index is 0.348. The van der Waals surface area contributed by atoms with Crippen LogP contribution in [0, 0.1) is 6.92 Å². The molecule has 0 N–H and O–H groups in total. The van der Waals surface area contributed by atoms with E-state index >= 15 is 0 Å². The average molecular weight is 258 g/mol.